The first-order chi connectivity index (χ1) is 25.4. The minimum Gasteiger partial charge on any atom is -0.378 e. The molecular weight excluding hydrogens is 667 g/mol. The Bertz CT molecular complexity index is 2010. The van der Waals surface area contributed by atoms with Gasteiger partial charge in [0.15, 0.2) is 5.82 Å². The van der Waals surface area contributed by atoms with Gasteiger partial charge in [-0.15, -0.1) is 0 Å². The number of benzene rings is 2. The van der Waals surface area contributed by atoms with Gasteiger partial charge in [-0.05, 0) is 123 Å². The Hall–Kier alpha value is -4.95. The summed E-state index contributed by atoms with van der Waals surface area (Å²) in [5.41, 5.74) is 6.50. The molecule has 11 heteroatoms. The smallest absolute Gasteiger partial charge is 0.378 e. The molecule has 1 aromatic heterocycles. The van der Waals surface area contributed by atoms with Crippen LogP contribution in [-0.4, -0.2) is 89.6 Å². The highest BCUT2D eigenvalue weighted by molar-refractivity contribution is 5.94. The zero-order valence-corrected chi connectivity index (χ0v) is 31.7. The van der Waals surface area contributed by atoms with Gasteiger partial charge in [0.05, 0.1) is 23.7 Å². The van der Waals surface area contributed by atoms with Crippen molar-refractivity contribution in [2.75, 3.05) is 41.3 Å². The monoisotopic (exact) mass is 717 g/mol. The van der Waals surface area contributed by atoms with Crippen LogP contribution in [0.3, 0.4) is 0 Å². The number of carbonyl (C=O) groups is 2. The van der Waals surface area contributed by atoms with Gasteiger partial charge in [-0.3, -0.25) is 9.59 Å². The second-order valence-corrected chi connectivity index (χ2v) is 16.1. The predicted molar refractivity (Wildman–Crippen MR) is 204 cm³/mol. The van der Waals surface area contributed by atoms with E-state index < -0.39 is 17.2 Å². The molecule has 1 N–H and O–H groups in total. The van der Waals surface area contributed by atoms with Crippen LogP contribution >= 0.6 is 0 Å². The Labute approximate surface area is 311 Å². The Balaban J connectivity index is 1.38. The Morgan fingerprint density at radius 1 is 1.04 bits per heavy atom. The van der Waals surface area contributed by atoms with Crippen molar-refractivity contribution in [3.8, 4) is 6.07 Å². The number of carbonyl (C=O) groups excluding carboxylic acids is 2. The Morgan fingerprint density at radius 2 is 1.72 bits per heavy atom. The number of nitriles is 1. The normalized spacial score (nSPS) is 21.8. The molecule has 1 saturated heterocycles. The first-order valence-corrected chi connectivity index (χ1v) is 18.9. The quantitative estimate of drug-likeness (QED) is 0.304. The third-order valence-electron chi connectivity index (χ3n) is 11.9. The number of allylic oxidation sites excluding steroid dienone is 2. The molecule has 1 spiro atoms. The summed E-state index contributed by atoms with van der Waals surface area (Å²) in [6.45, 7) is 7.12. The summed E-state index contributed by atoms with van der Waals surface area (Å²) in [5.74, 6) is -0.343. The molecule has 53 heavy (non-hydrogen) atoms. The van der Waals surface area contributed by atoms with E-state index in [0.29, 0.717) is 37.2 Å². The zero-order valence-electron chi connectivity index (χ0n) is 31.7. The van der Waals surface area contributed by atoms with Gasteiger partial charge in [0.1, 0.15) is 6.04 Å². The molecule has 2 fully saturated rings. The maximum Gasteiger partial charge on any atom is 0.460 e. The number of aromatic nitrogens is 2. The van der Waals surface area contributed by atoms with Crippen molar-refractivity contribution in [3.05, 3.63) is 98.8 Å². The van der Waals surface area contributed by atoms with E-state index in [1.807, 2.05) is 37.2 Å². The highest BCUT2D eigenvalue weighted by atomic mass is 16.5. The standard InChI is InChI=1S/C42H51N7O4/c1-27(44-25-37(50)48-26-41(18-19-41)23-34(48)24-43)22-42(39-45-40(52)53-49(39)33-10-8-7-9-11-33)35-16-14-29(28(2)46(3)4)20-30(35)12-13-31-21-32(15-17-36(31)42)38(51)47(5)6/h10,14-17,20-21,27,34,44H,2,7-9,11-13,18-19,22-23,25-26H2,1,3-6H3/t27-,34?,42?/m0/s1. The molecule has 2 aromatic carbocycles. The van der Waals surface area contributed by atoms with E-state index in [1.54, 1.807) is 28.6 Å². The van der Waals surface area contributed by atoms with Crippen molar-refractivity contribution < 1.29 is 14.1 Å². The maximum absolute atomic E-state index is 13.7. The number of amides is 2. The largest absolute Gasteiger partial charge is 0.460 e. The van der Waals surface area contributed by atoms with Crippen molar-refractivity contribution >= 4 is 23.2 Å². The first-order valence-electron chi connectivity index (χ1n) is 18.9. The summed E-state index contributed by atoms with van der Waals surface area (Å²) in [7, 11) is 7.45. The Morgan fingerprint density at radius 3 is 2.32 bits per heavy atom. The molecule has 278 valence electrons. The second kappa shape index (κ2) is 14.1. The third-order valence-corrected chi connectivity index (χ3v) is 11.9. The SMILES string of the molecule is C=C(c1ccc2c(c1)CCc1cc(C(=O)N(C)C)ccc1C2(C[C@H](C)NCC(=O)N1CC2(CC2)CC1C#N)c1nc(=O)on1C1=CCCCC1)N(C)C. The molecule has 3 aliphatic carbocycles. The van der Waals surface area contributed by atoms with Crippen LogP contribution in [0.2, 0.25) is 0 Å². The highest BCUT2D eigenvalue weighted by Crippen LogP contribution is 2.54. The minimum absolute atomic E-state index is 0.0766. The summed E-state index contributed by atoms with van der Waals surface area (Å²) in [6, 6.07) is 14.0. The molecule has 2 amide bonds. The maximum atomic E-state index is 13.7. The molecule has 3 atom stereocenters. The lowest BCUT2D eigenvalue weighted by Crippen LogP contribution is -2.46. The van der Waals surface area contributed by atoms with Gasteiger partial charge in [0, 0.05) is 52.0 Å². The van der Waals surface area contributed by atoms with Crippen LogP contribution in [-0.2, 0) is 23.1 Å². The molecule has 2 unspecified atom stereocenters. The van der Waals surface area contributed by atoms with Gasteiger partial charge >= 0.3 is 5.76 Å². The van der Waals surface area contributed by atoms with Crippen LogP contribution in [0.15, 0.2) is 58.4 Å². The van der Waals surface area contributed by atoms with Gasteiger partial charge < -0.3 is 24.5 Å². The molecule has 2 heterocycles. The topological polar surface area (TPSA) is 128 Å². The van der Waals surface area contributed by atoms with Gasteiger partial charge in [0.2, 0.25) is 5.91 Å². The molecule has 3 aromatic rings. The van der Waals surface area contributed by atoms with Crippen LogP contribution in [0.1, 0.15) is 102 Å². The molecule has 7 rings (SSSR count). The van der Waals surface area contributed by atoms with Crippen molar-refractivity contribution in [3.63, 3.8) is 0 Å². The summed E-state index contributed by atoms with van der Waals surface area (Å²) in [4.78, 5) is 50.4. The van der Waals surface area contributed by atoms with E-state index in [2.05, 4.69) is 49.2 Å². The number of hydrogen-bond acceptors (Lipinski definition) is 8. The van der Waals surface area contributed by atoms with Gasteiger partial charge in [0.25, 0.3) is 5.91 Å². The lowest BCUT2D eigenvalue weighted by molar-refractivity contribution is -0.130. The average molecular weight is 718 g/mol. The molecule has 4 aliphatic rings. The average Bonchev–Trinajstić information content (AvgIpc) is 3.68. The van der Waals surface area contributed by atoms with E-state index in [0.717, 1.165) is 84.2 Å². The van der Waals surface area contributed by atoms with E-state index in [9.17, 15) is 19.6 Å². The number of nitrogens with one attached hydrogen (secondary N) is 1. The summed E-state index contributed by atoms with van der Waals surface area (Å²) >= 11 is 0. The van der Waals surface area contributed by atoms with Gasteiger partial charge in [-0.1, -0.05) is 30.9 Å². The predicted octanol–water partition coefficient (Wildman–Crippen LogP) is 5.19. The number of hydrogen-bond donors (Lipinski definition) is 1. The van der Waals surface area contributed by atoms with Gasteiger partial charge in [-0.25, -0.2) is 4.79 Å². The third kappa shape index (κ3) is 6.74. The fourth-order valence-electron chi connectivity index (χ4n) is 8.84. The number of likely N-dealkylation sites (tertiary alicyclic amines) is 1. The van der Waals surface area contributed by atoms with Crippen LogP contribution in [0, 0.1) is 16.7 Å². The number of fused-ring (bicyclic) bond motifs is 2. The van der Waals surface area contributed by atoms with Gasteiger partial charge in [-0.2, -0.15) is 15.0 Å². The number of aryl methyl sites for hydroxylation is 2. The van der Waals surface area contributed by atoms with Crippen molar-refractivity contribution in [1.29, 1.82) is 5.26 Å². The first kappa shape index (κ1) is 36.4. The second-order valence-electron chi connectivity index (χ2n) is 16.1. The molecule has 0 bridgehead atoms. The van der Waals surface area contributed by atoms with E-state index in [-0.39, 0.29) is 29.8 Å². The molecule has 0 radical (unpaired) electrons. The lowest BCUT2D eigenvalue weighted by atomic mass is 9.67. The molecule has 11 nitrogen and oxygen atoms in total. The van der Waals surface area contributed by atoms with Crippen molar-refractivity contribution in [2.24, 2.45) is 5.41 Å². The highest BCUT2D eigenvalue weighted by Gasteiger charge is 2.53. The fourth-order valence-corrected chi connectivity index (χ4v) is 8.84. The van der Waals surface area contributed by atoms with Crippen LogP contribution in [0.5, 0.6) is 0 Å². The minimum atomic E-state index is -1.01. The molecule has 1 saturated carbocycles. The van der Waals surface area contributed by atoms with Crippen LogP contribution in [0.4, 0.5) is 0 Å². The van der Waals surface area contributed by atoms with Crippen molar-refractivity contribution in [2.45, 2.75) is 88.6 Å². The van der Waals surface area contributed by atoms with Crippen molar-refractivity contribution in [1.82, 2.24) is 29.7 Å². The lowest BCUT2D eigenvalue weighted by Gasteiger charge is -2.38. The fraction of sp³-hybridized carbons (Fsp3) is 0.500. The Kier molecular flexibility index (Phi) is 9.70. The summed E-state index contributed by atoms with van der Waals surface area (Å²) in [6.07, 6.45) is 10.5. The van der Waals surface area contributed by atoms with Crippen LogP contribution < -0.4 is 11.1 Å². The molecule has 1 aliphatic heterocycles. The summed E-state index contributed by atoms with van der Waals surface area (Å²) in [5, 5.41) is 13.4. The van der Waals surface area contributed by atoms with Crippen LogP contribution in [0.25, 0.3) is 11.4 Å². The number of rotatable bonds is 10. The van der Waals surface area contributed by atoms with E-state index in [1.165, 1.54) is 0 Å². The van der Waals surface area contributed by atoms with E-state index >= 15 is 0 Å². The van der Waals surface area contributed by atoms with E-state index in [4.69, 9.17) is 9.51 Å². The molecular formula is C42H51N7O4. The zero-order chi connectivity index (χ0) is 37.7. The number of nitrogens with zero attached hydrogens (tertiary/aromatic N) is 6. The summed E-state index contributed by atoms with van der Waals surface area (Å²) < 4.78 is 7.64.